The van der Waals surface area contributed by atoms with Crippen LogP contribution in [0.1, 0.15) is 35.7 Å². The molecule has 0 saturated heterocycles. The van der Waals surface area contributed by atoms with Crippen LogP contribution in [0.15, 0.2) is 36.5 Å². The molecular weight excluding hydrogens is 345 g/mol. The van der Waals surface area contributed by atoms with Gasteiger partial charge in [-0.3, -0.25) is 4.79 Å². The van der Waals surface area contributed by atoms with E-state index in [9.17, 15) is 18.0 Å². The number of hydrogen-bond acceptors (Lipinski definition) is 3. The number of aromatic nitrogens is 1. The van der Waals surface area contributed by atoms with E-state index in [4.69, 9.17) is 4.74 Å². The maximum Gasteiger partial charge on any atom is 0.255 e. The van der Waals surface area contributed by atoms with Crippen LogP contribution < -0.4 is 4.74 Å². The van der Waals surface area contributed by atoms with Crippen LogP contribution >= 0.6 is 0 Å². The Morgan fingerprint density at radius 1 is 1.23 bits per heavy atom. The van der Waals surface area contributed by atoms with Crippen molar-refractivity contribution in [2.45, 2.75) is 31.1 Å². The minimum Gasteiger partial charge on any atom is -0.436 e. The van der Waals surface area contributed by atoms with Crippen molar-refractivity contribution in [1.82, 2.24) is 9.88 Å². The average Bonchev–Trinajstić information content (AvgIpc) is 3.38. The van der Waals surface area contributed by atoms with Gasteiger partial charge in [-0.15, -0.1) is 0 Å². The van der Waals surface area contributed by atoms with E-state index in [2.05, 4.69) is 4.98 Å². The molecule has 7 heteroatoms. The lowest BCUT2D eigenvalue weighted by Crippen LogP contribution is -2.29. The molecule has 0 spiro atoms. The first-order valence-electron chi connectivity index (χ1n) is 8.17. The summed E-state index contributed by atoms with van der Waals surface area (Å²) in [6.45, 7) is 0.931. The third-order valence-corrected chi connectivity index (χ3v) is 4.67. The van der Waals surface area contributed by atoms with Crippen molar-refractivity contribution in [3.8, 4) is 11.6 Å². The molecule has 3 rings (SSSR count). The molecule has 1 heterocycles. The Labute approximate surface area is 149 Å². The van der Waals surface area contributed by atoms with Gasteiger partial charge in [-0.05, 0) is 36.6 Å². The molecule has 1 fully saturated rings. The first-order valence-corrected chi connectivity index (χ1v) is 8.17. The van der Waals surface area contributed by atoms with Crippen LogP contribution in [0.4, 0.5) is 13.2 Å². The summed E-state index contributed by atoms with van der Waals surface area (Å²) in [4.78, 5) is 16.9. The van der Waals surface area contributed by atoms with E-state index in [-0.39, 0.29) is 23.1 Å². The maximum absolute atomic E-state index is 14.1. The van der Waals surface area contributed by atoms with Crippen LogP contribution in [-0.2, 0) is 5.41 Å². The number of carbonyl (C=O) groups excluding carboxylic acids is 1. The van der Waals surface area contributed by atoms with E-state index in [1.165, 1.54) is 23.2 Å². The second-order valence-corrected chi connectivity index (χ2v) is 6.81. The molecule has 0 bridgehead atoms. The highest BCUT2D eigenvalue weighted by molar-refractivity contribution is 5.93. The molecule has 138 valence electrons. The number of halogens is 3. The third kappa shape index (κ3) is 3.25. The normalized spacial score (nSPS) is 15.5. The molecule has 0 aliphatic heterocycles. The van der Waals surface area contributed by atoms with Crippen LogP contribution in [0, 0.1) is 5.82 Å². The minimum absolute atomic E-state index is 0.107. The maximum atomic E-state index is 14.1. The summed E-state index contributed by atoms with van der Waals surface area (Å²) in [6.07, 6.45) is 2.11. The lowest BCUT2D eigenvalue weighted by atomic mass is 9.90. The molecule has 0 atom stereocenters. The first-order chi connectivity index (χ1) is 12.1. The second-order valence-electron chi connectivity index (χ2n) is 6.81. The zero-order valence-corrected chi connectivity index (χ0v) is 14.7. The third-order valence-electron chi connectivity index (χ3n) is 4.67. The summed E-state index contributed by atoms with van der Waals surface area (Å²) in [5.74, 6) is -3.95. The highest BCUT2D eigenvalue weighted by Crippen LogP contribution is 2.58. The van der Waals surface area contributed by atoms with Gasteiger partial charge in [0, 0.05) is 27.2 Å². The van der Waals surface area contributed by atoms with E-state index >= 15 is 0 Å². The van der Waals surface area contributed by atoms with Gasteiger partial charge >= 0.3 is 0 Å². The molecule has 1 aliphatic rings. The Bertz CT molecular complexity index is 826. The van der Waals surface area contributed by atoms with Crippen molar-refractivity contribution in [2.75, 3.05) is 14.1 Å². The highest BCUT2D eigenvalue weighted by atomic mass is 19.3. The summed E-state index contributed by atoms with van der Waals surface area (Å²) < 4.78 is 47.1. The standard InChI is InChI=1S/C19H19F3N2O2/c1-18(21,22)19(8-9-19)13-4-6-14(7-5-13)26-16-15(20)10-12(11-23-16)17(25)24(2)3/h4-7,10-11H,8-9H2,1-3H3. The summed E-state index contributed by atoms with van der Waals surface area (Å²) in [6, 6.07) is 7.22. The average molecular weight is 364 g/mol. The van der Waals surface area contributed by atoms with E-state index in [1.807, 2.05) is 0 Å². The molecule has 2 aromatic rings. The van der Waals surface area contributed by atoms with Crippen LogP contribution in [0.5, 0.6) is 11.6 Å². The van der Waals surface area contributed by atoms with Crippen molar-refractivity contribution in [3.05, 3.63) is 53.5 Å². The number of benzene rings is 1. The minimum atomic E-state index is -2.79. The molecule has 1 amide bonds. The highest BCUT2D eigenvalue weighted by Gasteiger charge is 2.59. The Kier molecular flexibility index (Phi) is 4.42. The van der Waals surface area contributed by atoms with Gasteiger partial charge in [0.25, 0.3) is 17.7 Å². The number of carbonyl (C=O) groups is 1. The van der Waals surface area contributed by atoms with Gasteiger partial charge in [0.05, 0.1) is 11.0 Å². The van der Waals surface area contributed by atoms with Crippen LogP contribution in [0.25, 0.3) is 0 Å². The molecule has 1 saturated carbocycles. The molecule has 1 aliphatic carbocycles. The lowest BCUT2D eigenvalue weighted by Gasteiger charge is -2.23. The topological polar surface area (TPSA) is 42.4 Å². The predicted molar refractivity (Wildman–Crippen MR) is 90.3 cm³/mol. The smallest absolute Gasteiger partial charge is 0.255 e. The Balaban J connectivity index is 1.77. The summed E-state index contributed by atoms with van der Waals surface area (Å²) >= 11 is 0. The number of rotatable bonds is 5. The van der Waals surface area contributed by atoms with E-state index in [0.29, 0.717) is 18.4 Å². The molecular formula is C19H19F3N2O2. The Morgan fingerprint density at radius 2 is 1.85 bits per heavy atom. The van der Waals surface area contributed by atoms with Crippen molar-refractivity contribution < 1.29 is 22.7 Å². The fourth-order valence-electron chi connectivity index (χ4n) is 2.94. The molecule has 0 unspecified atom stereocenters. The molecule has 1 aromatic carbocycles. The van der Waals surface area contributed by atoms with Gasteiger partial charge in [0.15, 0.2) is 5.82 Å². The second kappa shape index (κ2) is 6.30. The largest absolute Gasteiger partial charge is 0.436 e. The van der Waals surface area contributed by atoms with Gasteiger partial charge in [0.2, 0.25) is 0 Å². The molecule has 0 N–H and O–H groups in total. The Morgan fingerprint density at radius 3 is 2.31 bits per heavy atom. The van der Waals surface area contributed by atoms with Crippen molar-refractivity contribution in [2.24, 2.45) is 0 Å². The van der Waals surface area contributed by atoms with E-state index in [1.54, 1.807) is 26.2 Å². The van der Waals surface area contributed by atoms with Crippen LogP contribution in [0.3, 0.4) is 0 Å². The number of hydrogen-bond donors (Lipinski definition) is 0. The fourth-order valence-corrected chi connectivity index (χ4v) is 2.94. The van der Waals surface area contributed by atoms with Gasteiger partial charge in [-0.25, -0.2) is 18.2 Å². The first kappa shape index (κ1) is 18.2. The molecule has 26 heavy (non-hydrogen) atoms. The zero-order chi connectivity index (χ0) is 19.1. The molecule has 0 radical (unpaired) electrons. The quantitative estimate of drug-likeness (QED) is 0.790. The lowest BCUT2D eigenvalue weighted by molar-refractivity contribution is -0.0200. The molecule has 1 aromatic heterocycles. The summed E-state index contributed by atoms with van der Waals surface area (Å²) in [5, 5.41) is 0. The van der Waals surface area contributed by atoms with Crippen molar-refractivity contribution in [1.29, 1.82) is 0 Å². The summed E-state index contributed by atoms with van der Waals surface area (Å²) in [7, 11) is 3.11. The van der Waals surface area contributed by atoms with Gasteiger partial charge in [0.1, 0.15) is 5.75 Å². The number of nitrogens with zero attached hydrogens (tertiary/aromatic N) is 2. The fraction of sp³-hybridized carbons (Fsp3) is 0.368. The van der Waals surface area contributed by atoms with Crippen molar-refractivity contribution >= 4 is 5.91 Å². The van der Waals surface area contributed by atoms with Crippen LogP contribution in [0.2, 0.25) is 0 Å². The van der Waals surface area contributed by atoms with E-state index < -0.39 is 17.2 Å². The zero-order valence-electron chi connectivity index (χ0n) is 14.7. The monoisotopic (exact) mass is 364 g/mol. The van der Waals surface area contributed by atoms with Crippen molar-refractivity contribution in [3.63, 3.8) is 0 Å². The van der Waals surface area contributed by atoms with Gasteiger partial charge < -0.3 is 9.64 Å². The van der Waals surface area contributed by atoms with Gasteiger partial charge in [-0.1, -0.05) is 12.1 Å². The Hall–Kier alpha value is -2.57. The molecule has 4 nitrogen and oxygen atoms in total. The number of amides is 1. The predicted octanol–water partition coefficient (Wildman–Crippen LogP) is 4.40. The number of ether oxygens (including phenoxy) is 1. The van der Waals surface area contributed by atoms with Crippen LogP contribution in [-0.4, -0.2) is 35.8 Å². The van der Waals surface area contributed by atoms with Gasteiger partial charge in [-0.2, -0.15) is 0 Å². The number of alkyl halides is 2. The summed E-state index contributed by atoms with van der Waals surface area (Å²) in [5.41, 5.74) is -0.461. The number of pyridine rings is 1. The van der Waals surface area contributed by atoms with E-state index in [0.717, 1.165) is 13.0 Å². The SMILES string of the molecule is CN(C)C(=O)c1cnc(Oc2ccc(C3(C(C)(F)F)CC3)cc2)c(F)c1.